The maximum atomic E-state index is 14.1. The molecule has 0 spiro atoms. The SMILES string of the molecule is O=C1NC(c2ccc(F)c(F)c2F)=C2C(=O)NC(c3ccc(F)c(F)c3F)=C12. The second-order valence-electron chi connectivity index (χ2n) is 5.85. The zero-order chi connectivity index (χ0) is 20.3. The molecule has 0 unspecified atom stereocenters. The van der Waals surface area contributed by atoms with Crippen molar-refractivity contribution < 1.29 is 35.9 Å². The highest BCUT2D eigenvalue weighted by atomic mass is 19.2. The van der Waals surface area contributed by atoms with E-state index in [1.54, 1.807) is 0 Å². The normalized spacial score (nSPS) is 15.9. The van der Waals surface area contributed by atoms with Crippen LogP contribution in [0.1, 0.15) is 11.1 Å². The Kier molecular flexibility index (Phi) is 3.81. The van der Waals surface area contributed by atoms with Gasteiger partial charge in [0.15, 0.2) is 34.9 Å². The van der Waals surface area contributed by atoms with E-state index in [-0.39, 0.29) is 0 Å². The summed E-state index contributed by atoms with van der Waals surface area (Å²) in [4.78, 5) is 24.6. The molecule has 0 saturated carbocycles. The lowest BCUT2D eigenvalue weighted by molar-refractivity contribution is -0.117. The number of amides is 2. The largest absolute Gasteiger partial charge is 0.320 e. The van der Waals surface area contributed by atoms with E-state index in [0.717, 1.165) is 12.1 Å². The molecule has 0 aliphatic carbocycles. The lowest BCUT2D eigenvalue weighted by atomic mass is 10.0. The molecule has 2 N–H and O–H groups in total. The first-order chi connectivity index (χ1) is 13.2. The highest BCUT2D eigenvalue weighted by molar-refractivity contribution is 6.30. The average molecular weight is 396 g/mol. The van der Waals surface area contributed by atoms with Crippen molar-refractivity contribution in [3.8, 4) is 0 Å². The van der Waals surface area contributed by atoms with Crippen molar-refractivity contribution in [3.05, 3.63) is 81.4 Å². The third-order valence-electron chi connectivity index (χ3n) is 4.29. The van der Waals surface area contributed by atoms with Gasteiger partial charge in [-0.2, -0.15) is 0 Å². The van der Waals surface area contributed by atoms with Crippen LogP contribution in [0.5, 0.6) is 0 Å². The zero-order valence-corrected chi connectivity index (χ0v) is 13.4. The van der Waals surface area contributed by atoms with Gasteiger partial charge in [-0.1, -0.05) is 0 Å². The van der Waals surface area contributed by atoms with Crippen LogP contribution in [0, 0.1) is 34.9 Å². The van der Waals surface area contributed by atoms with Crippen molar-refractivity contribution in [2.75, 3.05) is 0 Å². The minimum absolute atomic E-state index is 0.464. The van der Waals surface area contributed by atoms with Crippen molar-refractivity contribution in [2.45, 2.75) is 0 Å². The molecule has 2 aromatic carbocycles. The van der Waals surface area contributed by atoms with Crippen molar-refractivity contribution in [2.24, 2.45) is 0 Å². The van der Waals surface area contributed by atoms with Gasteiger partial charge in [0.2, 0.25) is 0 Å². The Balaban J connectivity index is 1.96. The number of fused-ring (bicyclic) bond motifs is 1. The van der Waals surface area contributed by atoms with Gasteiger partial charge >= 0.3 is 0 Å². The molecule has 4 nitrogen and oxygen atoms in total. The summed E-state index contributed by atoms with van der Waals surface area (Å²) in [5.74, 6) is -11.9. The third-order valence-corrected chi connectivity index (χ3v) is 4.29. The quantitative estimate of drug-likeness (QED) is 0.606. The second kappa shape index (κ2) is 5.98. The van der Waals surface area contributed by atoms with Crippen LogP contribution in [0.2, 0.25) is 0 Å². The number of carbonyl (C=O) groups is 2. The van der Waals surface area contributed by atoms with E-state index in [9.17, 15) is 35.9 Å². The Morgan fingerprint density at radius 1 is 0.536 bits per heavy atom. The highest BCUT2D eigenvalue weighted by Gasteiger charge is 2.42. The molecule has 0 radical (unpaired) electrons. The summed E-state index contributed by atoms with van der Waals surface area (Å²) in [6.45, 7) is 0. The van der Waals surface area contributed by atoms with E-state index in [1.807, 2.05) is 0 Å². The smallest absolute Gasteiger partial charge is 0.258 e. The van der Waals surface area contributed by atoms with Crippen LogP contribution in [0.4, 0.5) is 26.3 Å². The maximum absolute atomic E-state index is 14.1. The molecule has 10 heteroatoms. The van der Waals surface area contributed by atoms with E-state index in [1.165, 1.54) is 0 Å². The summed E-state index contributed by atoms with van der Waals surface area (Å²) >= 11 is 0. The molecule has 2 aromatic rings. The lowest BCUT2D eigenvalue weighted by Gasteiger charge is -2.09. The molecule has 2 aliphatic rings. The van der Waals surface area contributed by atoms with Gasteiger partial charge in [0.25, 0.3) is 11.8 Å². The molecule has 0 aromatic heterocycles. The zero-order valence-electron chi connectivity index (χ0n) is 13.4. The molecule has 142 valence electrons. The standard InChI is InChI=1S/C18H6F6N2O2/c19-7-3-1-5(11(21)13(7)23)15-9-10(18(28)25-15)16(26-17(9)27)6-2-4-8(20)14(24)12(6)22/h1-4H,(H,25,28)(H,26,27). The predicted molar refractivity (Wildman–Crippen MR) is 82.8 cm³/mol. The van der Waals surface area contributed by atoms with Crippen molar-refractivity contribution in [1.29, 1.82) is 0 Å². The fourth-order valence-electron chi connectivity index (χ4n) is 3.02. The van der Waals surface area contributed by atoms with Gasteiger partial charge in [-0.05, 0) is 24.3 Å². The number of halogens is 6. The molecule has 2 aliphatic heterocycles. The van der Waals surface area contributed by atoms with Crippen LogP contribution in [0.15, 0.2) is 35.4 Å². The Hall–Kier alpha value is -3.56. The molecule has 0 bridgehead atoms. The molecular weight excluding hydrogens is 390 g/mol. The number of nitrogens with one attached hydrogen (secondary N) is 2. The Bertz CT molecular complexity index is 1080. The Morgan fingerprint density at radius 2 is 0.893 bits per heavy atom. The van der Waals surface area contributed by atoms with E-state index in [2.05, 4.69) is 10.6 Å². The monoisotopic (exact) mass is 396 g/mol. The molecular formula is C18H6F6N2O2. The number of carbonyl (C=O) groups excluding carboxylic acids is 2. The van der Waals surface area contributed by atoms with Gasteiger partial charge in [0.1, 0.15) is 0 Å². The summed E-state index contributed by atoms with van der Waals surface area (Å²) in [5, 5.41) is 4.28. The summed E-state index contributed by atoms with van der Waals surface area (Å²) in [6, 6.07) is 2.81. The first kappa shape index (κ1) is 17.8. The van der Waals surface area contributed by atoms with E-state index in [0.29, 0.717) is 12.1 Å². The van der Waals surface area contributed by atoms with Crippen LogP contribution >= 0.6 is 0 Å². The molecule has 0 saturated heterocycles. The minimum atomic E-state index is -1.82. The number of rotatable bonds is 2. The highest BCUT2D eigenvalue weighted by Crippen LogP contribution is 2.39. The van der Waals surface area contributed by atoms with Crippen LogP contribution < -0.4 is 10.6 Å². The summed E-state index contributed by atoms with van der Waals surface area (Å²) < 4.78 is 81.6. The van der Waals surface area contributed by atoms with Gasteiger partial charge in [0.05, 0.1) is 22.5 Å². The van der Waals surface area contributed by atoms with E-state index < -0.39 is 80.4 Å². The number of hydrogen-bond acceptors (Lipinski definition) is 2. The van der Waals surface area contributed by atoms with Crippen LogP contribution in [-0.2, 0) is 9.59 Å². The predicted octanol–water partition coefficient (Wildman–Crippen LogP) is 2.90. The van der Waals surface area contributed by atoms with Crippen molar-refractivity contribution >= 4 is 23.2 Å². The fraction of sp³-hybridized carbons (Fsp3) is 0. The first-order valence-corrected chi connectivity index (χ1v) is 7.61. The topological polar surface area (TPSA) is 58.2 Å². The summed E-state index contributed by atoms with van der Waals surface area (Å²) in [5.41, 5.74) is -3.08. The third kappa shape index (κ3) is 2.34. The van der Waals surface area contributed by atoms with E-state index >= 15 is 0 Å². The summed E-state index contributed by atoms with van der Waals surface area (Å²) in [6.07, 6.45) is 0. The molecule has 2 amide bonds. The van der Waals surface area contributed by atoms with Gasteiger partial charge in [0, 0.05) is 11.1 Å². The average Bonchev–Trinajstić information content (AvgIpc) is 3.17. The number of hydrogen-bond donors (Lipinski definition) is 2. The molecule has 0 fully saturated rings. The van der Waals surface area contributed by atoms with E-state index in [4.69, 9.17) is 0 Å². The van der Waals surface area contributed by atoms with Crippen LogP contribution in [0.25, 0.3) is 11.4 Å². The minimum Gasteiger partial charge on any atom is -0.320 e. The number of benzene rings is 2. The summed E-state index contributed by atoms with van der Waals surface area (Å²) in [7, 11) is 0. The van der Waals surface area contributed by atoms with Crippen molar-refractivity contribution in [3.63, 3.8) is 0 Å². The molecule has 28 heavy (non-hydrogen) atoms. The first-order valence-electron chi connectivity index (χ1n) is 7.61. The fourth-order valence-corrected chi connectivity index (χ4v) is 3.02. The second-order valence-corrected chi connectivity index (χ2v) is 5.85. The van der Waals surface area contributed by atoms with Gasteiger partial charge in [-0.25, -0.2) is 26.3 Å². The maximum Gasteiger partial charge on any atom is 0.258 e. The van der Waals surface area contributed by atoms with Gasteiger partial charge < -0.3 is 10.6 Å². The molecule has 2 heterocycles. The van der Waals surface area contributed by atoms with Gasteiger partial charge in [-0.15, -0.1) is 0 Å². The Morgan fingerprint density at radius 3 is 1.25 bits per heavy atom. The van der Waals surface area contributed by atoms with Crippen molar-refractivity contribution in [1.82, 2.24) is 10.6 Å². The van der Waals surface area contributed by atoms with Crippen LogP contribution in [0.3, 0.4) is 0 Å². The van der Waals surface area contributed by atoms with Crippen LogP contribution in [-0.4, -0.2) is 11.8 Å². The lowest BCUT2D eigenvalue weighted by Crippen LogP contribution is -2.22. The Labute approximate surface area is 152 Å². The molecule has 4 rings (SSSR count). The molecule has 0 atom stereocenters. The van der Waals surface area contributed by atoms with Gasteiger partial charge in [-0.3, -0.25) is 9.59 Å².